The van der Waals surface area contributed by atoms with Crippen LogP contribution in [0.25, 0.3) is 0 Å². The highest BCUT2D eigenvalue weighted by Gasteiger charge is 2.45. The van der Waals surface area contributed by atoms with Crippen molar-refractivity contribution in [2.75, 3.05) is 11.5 Å². The van der Waals surface area contributed by atoms with Crippen molar-refractivity contribution >= 4 is 42.2 Å². The summed E-state index contributed by atoms with van der Waals surface area (Å²) in [6.07, 6.45) is 16.2. The predicted octanol–water partition coefficient (Wildman–Crippen LogP) is 3.42. The molecule has 0 bridgehead atoms. The molecule has 6 heteroatoms. The van der Waals surface area contributed by atoms with Crippen LogP contribution >= 0.6 is 23.5 Å². The molecule has 0 spiro atoms. The standard InChI is InChI=1S/C20H18N2OS2Si/c1-9-21-10-2-18(1)26(19-3-11-22-12-4-19,20-7-15-25-16-8-20)23-17-5-13-24-14-6-17/h1-13,15H,14,16H2. The molecule has 0 saturated carbocycles. The topological polar surface area (TPSA) is 35.0 Å². The monoisotopic (exact) mass is 394 g/mol. The van der Waals surface area contributed by atoms with E-state index in [1.54, 1.807) is 23.5 Å². The van der Waals surface area contributed by atoms with E-state index in [1.807, 2.05) is 24.8 Å². The molecule has 0 amide bonds. The van der Waals surface area contributed by atoms with Gasteiger partial charge >= 0.3 is 8.32 Å². The van der Waals surface area contributed by atoms with Crippen LogP contribution in [0.5, 0.6) is 0 Å². The first kappa shape index (κ1) is 17.4. The van der Waals surface area contributed by atoms with E-state index in [9.17, 15) is 0 Å². The minimum atomic E-state index is -2.68. The quantitative estimate of drug-likeness (QED) is 0.726. The van der Waals surface area contributed by atoms with Crippen molar-refractivity contribution in [3.63, 3.8) is 0 Å². The van der Waals surface area contributed by atoms with Gasteiger partial charge in [-0.1, -0.05) is 12.2 Å². The van der Waals surface area contributed by atoms with E-state index >= 15 is 0 Å². The summed E-state index contributed by atoms with van der Waals surface area (Å²) in [7, 11) is -2.68. The fourth-order valence-corrected chi connectivity index (χ4v) is 8.42. The van der Waals surface area contributed by atoms with Crippen molar-refractivity contribution in [2.24, 2.45) is 0 Å². The first-order valence-corrected chi connectivity index (χ1v) is 12.4. The summed E-state index contributed by atoms with van der Waals surface area (Å²) in [5, 5.41) is 7.92. The second kappa shape index (κ2) is 8.12. The summed E-state index contributed by atoms with van der Waals surface area (Å²) in [6.45, 7) is 0. The van der Waals surface area contributed by atoms with Crippen LogP contribution in [-0.2, 0) is 4.43 Å². The minimum absolute atomic E-state index is 0.938. The van der Waals surface area contributed by atoms with Gasteiger partial charge in [0.25, 0.3) is 0 Å². The first-order chi connectivity index (χ1) is 12.9. The molecule has 2 aromatic rings. The number of rotatable bonds is 5. The van der Waals surface area contributed by atoms with Crippen molar-refractivity contribution in [3.05, 3.63) is 95.1 Å². The van der Waals surface area contributed by atoms with Crippen LogP contribution in [0.1, 0.15) is 0 Å². The van der Waals surface area contributed by atoms with Crippen LogP contribution in [0, 0.1) is 0 Å². The highest BCUT2D eigenvalue weighted by Crippen LogP contribution is 2.28. The number of allylic oxidation sites excluding steroid dienone is 3. The molecular formula is C20H18N2OS2Si. The van der Waals surface area contributed by atoms with Gasteiger partial charge in [0.15, 0.2) is 0 Å². The van der Waals surface area contributed by atoms with E-state index in [1.165, 1.54) is 15.6 Å². The Morgan fingerprint density at radius 2 is 1.35 bits per heavy atom. The van der Waals surface area contributed by atoms with Gasteiger partial charge in [-0.2, -0.15) is 0 Å². The molecule has 3 nitrogen and oxygen atoms in total. The zero-order chi connectivity index (χ0) is 17.7. The van der Waals surface area contributed by atoms with E-state index in [4.69, 9.17) is 4.43 Å². The number of hydrogen-bond acceptors (Lipinski definition) is 5. The summed E-state index contributed by atoms with van der Waals surface area (Å²) in [4.78, 5) is 8.45. The van der Waals surface area contributed by atoms with Crippen LogP contribution in [0.4, 0.5) is 0 Å². The zero-order valence-corrected chi connectivity index (χ0v) is 16.7. The Morgan fingerprint density at radius 3 is 1.85 bits per heavy atom. The van der Waals surface area contributed by atoms with Crippen molar-refractivity contribution in [1.82, 2.24) is 9.97 Å². The molecular weight excluding hydrogens is 376 g/mol. The summed E-state index contributed by atoms with van der Waals surface area (Å²) in [6, 6.07) is 8.35. The van der Waals surface area contributed by atoms with Gasteiger partial charge in [0.1, 0.15) is 5.76 Å². The largest absolute Gasteiger partial charge is 0.531 e. The Bertz CT molecular complexity index is 840. The Balaban J connectivity index is 1.93. The highest BCUT2D eigenvalue weighted by molar-refractivity contribution is 8.02. The van der Waals surface area contributed by atoms with Gasteiger partial charge in [0.2, 0.25) is 0 Å². The number of pyridine rings is 2. The molecule has 26 heavy (non-hydrogen) atoms. The molecule has 2 aromatic heterocycles. The number of thioether (sulfide) groups is 2. The molecule has 4 heterocycles. The molecule has 0 radical (unpaired) electrons. The summed E-state index contributed by atoms with van der Waals surface area (Å²) < 4.78 is 6.91. The number of aromatic nitrogens is 2. The lowest BCUT2D eigenvalue weighted by atomic mass is 10.4. The van der Waals surface area contributed by atoms with Gasteiger partial charge in [0, 0.05) is 36.3 Å². The van der Waals surface area contributed by atoms with Crippen LogP contribution < -0.4 is 10.4 Å². The number of hydrogen-bond donors (Lipinski definition) is 0. The minimum Gasteiger partial charge on any atom is -0.531 e. The molecule has 4 rings (SSSR count). The van der Waals surface area contributed by atoms with Gasteiger partial charge in [-0.25, -0.2) is 0 Å². The zero-order valence-electron chi connectivity index (χ0n) is 14.1. The average molecular weight is 395 g/mol. The molecule has 0 atom stereocenters. The van der Waals surface area contributed by atoms with Crippen LogP contribution in [0.15, 0.2) is 95.1 Å². The van der Waals surface area contributed by atoms with E-state index < -0.39 is 8.32 Å². The van der Waals surface area contributed by atoms with Gasteiger partial charge in [-0.3, -0.25) is 9.97 Å². The Labute approximate surface area is 163 Å². The second-order valence-corrected chi connectivity index (χ2v) is 11.0. The summed E-state index contributed by atoms with van der Waals surface area (Å²) in [5.74, 6) is 2.84. The van der Waals surface area contributed by atoms with E-state index in [0.29, 0.717) is 0 Å². The lowest BCUT2D eigenvalue weighted by Crippen LogP contribution is -2.62. The van der Waals surface area contributed by atoms with Gasteiger partial charge in [-0.15, -0.1) is 23.5 Å². The Morgan fingerprint density at radius 1 is 0.769 bits per heavy atom. The molecule has 2 aliphatic heterocycles. The normalized spacial score (nSPS) is 16.8. The molecule has 0 unspecified atom stereocenters. The molecule has 0 N–H and O–H groups in total. The molecule has 2 aliphatic rings. The SMILES string of the molecule is C1=CC(O[Si](C2=CCSC=C2)(c2ccncc2)c2ccncc2)=CCS1. The third kappa shape index (κ3) is 3.45. The smallest absolute Gasteiger partial charge is 0.346 e. The average Bonchev–Trinajstić information content (AvgIpc) is 2.75. The lowest BCUT2D eigenvalue weighted by molar-refractivity contribution is 0.453. The predicted molar refractivity (Wildman–Crippen MR) is 114 cm³/mol. The molecule has 130 valence electrons. The maximum atomic E-state index is 6.91. The Kier molecular flexibility index (Phi) is 5.43. The highest BCUT2D eigenvalue weighted by atomic mass is 32.2. The van der Waals surface area contributed by atoms with Gasteiger partial charge < -0.3 is 4.43 Å². The fourth-order valence-electron chi connectivity index (χ4n) is 3.12. The van der Waals surface area contributed by atoms with Crippen molar-refractivity contribution in [1.29, 1.82) is 0 Å². The lowest BCUT2D eigenvalue weighted by Gasteiger charge is -2.35. The maximum Gasteiger partial charge on any atom is 0.346 e. The number of nitrogens with zero attached hydrogens (tertiary/aromatic N) is 2. The van der Waals surface area contributed by atoms with Crippen LogP contribution in [0.3, 0.4) is 0 Å². The Hall–Kier alpha value is -2.02. The van der Waals surface area contributed by atoms with E-state index in [-0.39, 0.29) is 0 Å². The maximum absolute atomic E-state index is 6.91. The fraction of sp³-hybridized carbons (Fsp3) is 0.100. The second-order valence-electron chi connectivity index (χ2n) is 5.79. The van der Waals surface area contributed by atoms with Crippen LogP contribution in [0.2, 0.25) is 0 Å². The summed E-state index contributed by atoms with van der Waals surface area (Å²) in [5.41, 5.74) is 0. The van der Waals surface area contributed by atoms with Crippen LogP contribution in [-0.4, -0.2) is 29.8 Å². The third-order valence-corrected chi connectivity index (χ3v) is 9.70. The third-order valence-electron chi connectivity index (χ3n) is 4.30. The molecule has 0 fully saturated rings. The van der Waals surface area contributed by atoms with E-state index in [2.05, 4.69) is 69.4 Å². The molecule has 0 aliphatic carbocycles. The van der Waals surface area contributed by atoms with Crippen molar-refractivity contribution in [3.8, 4) is 0 Å². The first-order valence-electron chi connectivity index (χ1n) is 8.37. The van der Waals surface area contributed by atoms with Gasteiger partial charge in [-0.05, 0) is 62.8 Å². The van der Waals surface area contributed by atoms with Crippen molar-refractivity contribution in [2.45, 2.75) is 0 Å². The van der Waals surface area contributed by atoms with E-state index in [0.717, 1.165) is 17.3 Å². The summed E-state index contributed by atoms with van der Waals surface area (Å²) >= 11 is 3.58. The molecule has 0 aromatic carbocycles. The van der Waals surface area contributed by atoms with Gasteiger partial charge in [0.05, 0.1) is 0 Å². The molecule has 0 saturated heterocycles. The van der Waals surface area contributed by atoms with Crippen molar-refractivity contribution < 1.29 is 4.43 Å².